The lowest BCUT2D eigenvalue weighted by atomic mass is 10.1. The van der Waals surface area contributed by atoms with Crippen molar-refractivity contribution in [2.75, 3.05) is 10.0 Å². The molecule has 0 aliphatic rings. The lowest BCUT2D eigenvalue weighted by Gasteiger charge is -2.07. The first-order chi connectivity index (χ1) is 15.4. The highest BCUT2D eigenvalue weighted by molar-refractivity contribution is 7.93. The standard InChI is InChI=1S/C22H14ClN3O3S3/c23-19-18-16-4-2-1-3-13(16)5-10-17(18)31-20(19)21(27)25-14-6-8-15(9-7-14)32(28,29)26-22-24-11-12-30-22/h1-12H,(H,24,26)(H,25,27). The summed E-state index contributed by atoms with van der Waals surface area (Å²) < 4.78 is 28.3. The molecule has 2 aromatic heterocycles. The highest BCUT2D eigenvalue weighted by Crippen LogP contribution is 2.40. The number of carbonyl (C=O) groups excluding carboxylic acids is 1. The average Bonchev–Trinajstić information content (AvgIpc) is 3.41. The molecule has 2 heterocycles. The maximum atomic E-state index is 12.9. The van der Waals surface area contributed by atoms with Gasteiger partial charge in [-0.1, -0.05) is 41.9 Å². The van der Waals surface area contributed by atoms with Crippen LogP contribution in [0.1, 0.15) is 9.67 Å². The van der Waals surface area contributed by atoms with E-state index in [4.69, 9.17) is 11.6 Å². The Balaban J connectivity index is 1.40. The molecule has 0 atom stereocenters. The number of aromatic nitrogens is 1. The molecular weight excluding hydrogens is 486 g/mol. The van der Waals surface area contributed by atoms with Crippen LogP contribution in [0.2, 0.25) is 5.02 Å². The molecule has 10 heteroatoms. The summed E-state index contributed by atoms with van der Waals surface area (Å²) in [4.78, 5) is 17.3. The van der Waals surface area contributed by atoms with Crippen molar-refractivity contribution in [2.24, 2.45) is 0 Å². The van der Waals surface area contributed by atoms with E-state index in [1.54, 1.807) is 5.38 Å². The fourth-order valence-electron chi connectivity index (χ4n) is 3.33. The second-order valence-electron chi connectivity index (χ2n) is 6.83. The summed E-state index contributed by atoms with van der Waals surface area (Å²) in [5.41, 5.74) is 0.460. The zero-order chi connectivity index (χ0) is 22.3. The third kappa shape index (κ3) is 3.84. The Morgan fingerprint density at radius 3 is 2.53 bits per heavy atom. The van der Waals surface area contributed by atoms with Crippen LogP contribution in [0.3, 0.4) is 0 Å². The van der Waals surface area contributed by atoms with Gasteiger partial charge in [0, 0.05) is 27.4 Å². The highest BCUT2D eigenvalue weighted by atomic mass is 35.5. The minimum absolute atomic E-state index is 0.0667. The van der Waals surface area contributed by atoms with Gasteiger partial charge in [-0.3, -0.25) is 9.52 Å². The number of halogens is 1. The number of hydrogen-bond donors (Lipinski definition) is 2. The predicted molar refractivity (Wildman–Crippen MR) is 132 cm³/mol. The Morgan fingerprint density at radius 2 is 1.78 bits per heavy atom. The zero-order valence-corrected chi connectivity index (χ0v) is 19.4. The van der Waals surface area contributed by atoms with Crippen LogP contribution < -0.4 is 10.0 Å². The van der Waals surface area contributed by atoms with E-state index >= 15 is 0 Å². The largest absolute Gasteiger partial charge is 0.321 e. The molecule has 0 saturated heterocycles. The summed E-state index contributed by atoms with van der Waals surface area (Å²) in [6, 6.07) is 17.8. The first kappa shape index (κ1) is 20.9. The van der Waals surface area contributed by atoms with Gasteiger partial charge in [0.15, 0.2) is 5.13 Å². The number of nitrogens with one attached hydrogen (secondary N) is 2. The minimum Gasteiger partial charge on any atom is -0.321 e. The van der Waals surface area contributed by atoms with Gasteiger partial charge in [-0.05, 0) is 41.1 Å². The monoisotopic (exact) mass is 499 g/mol. The molecule has 160 valence electrons. The van der Waals surface area contributed by atoms with Crippen molar-refractivity contribution in [3.8, 4) is 0 Å². The summed E-state index contributed by atoms with van der Waals surface area (Å²) in [7, 11) is -3.76. The zero-order valence-electron chi connectivity index (χ0n) is 16.2. The number of fused-ring (bicyclic) bond motifs is 3. The van der Waals surface area contributed by atoms with Crippen LogP contribution in [0.4, 0.5) is 10.8 Å². The van der Waals surface area contributed by atoms with E-state index in [1.807, 2.05) is 36.4 Å². The van der Waals surface area contributed by atoms with Gasteiger partial charge in [0.05, 0.1) is 9.92 Å². The van der Waals surface area contributed by atoms with Gasteiger partial charge in [0.2, 0.25) is 0 Å². The van der Waals surface area contributed by atoms with E-state index in [0.29, 0.717) is 15.6 Å². The molecule has 5 aromatic rings. The number of anilines is 2. The van der Waals surface area contributed by atoms with Gasteiger partial charge in [-0.2, -0.15) is 0 Å². The van der Waals surface area contributed by atoms with Crippen molar-refractivity contribution in [1.82, 2.24) is 4.98 Å². The molecule has 0 aliphatic carbocycles. The number of hydrogen-bond acceptors (Lipinski definition) is 6. The number of benzene rings is 3. The van der Waals surface area contributed by atoms with E-state index in [-0.39, 0.29) is 15.9 Å². The van der Waals surface area contributed by atoms with Crippen molar-refractivity contribution in [3.63, 3.8) is 0 Å². The van der Waals surface area contributed by atoms with Gasteiger partial charge >= 0.3 is 0 Å². The van der Waals surface area contributed by atoms with Crippen LogP contribution in [-0.2, 0) is 10.0 Å². The maximum absolute atomic E-state index is 12.9. The van der Waals surface area contributed by atoms with Gasteiger partial charge in [-0.15, -0.1) is 22.7 Å². The van der Waals surface area contributed by atoms with E-state index in [2.05, 4.69) is 15.0 Å². The molecule has 2 N–H and O–H groups in total. The molecular formula is C22H14ClN3O3S3. The van der Waals surface area contributed by atoms with Crippen LogP contribution in [0.15, 0.2) is 77.1 Å². The molecule has 0 fully saturated rings. The number of nitrogens with zero attached hydrogens (tertiary/aromatic N) is 1. The second kappa shape index (κ2) is 8.18. The number of thiophene rings is 1. The van der Waals surface area contributed by atoms with Crippen molar-refractivity contribution in [1.29, 1.82) is 0 Å². The van der Waals surface area contributed by atoms with Crippen LogP contribution >= 0.6 is 34.3 Å². The molecule has 0 unspecified atom stereocenters. The van der Waals surface area contributed by atoms with Crippen LogP contribution in [0, 0.1) is 0 Å². The third-order valence-corrected chi connectivity index (χ3v) is 8.62. The first-order valence-electron chi connectivity index (χ1n) is 9.36. The Hall–Kier alpha value is -2.98. The number of amides is 1. The van der Waals surface area contributed by atoms with E-state index < -0.39 is 10.0 Å². The lowest BCUT2D eigenvalue weighted by molar-refractivity contribution is 0.103. The molecule has 1 amide bonds. The second-order valence-corrected chi connectivity index (χ2v) is 10.8. The smallest absolute Gasteiger partial charge is 0.267 e. The molecule has 6 nitrogen and oxygen atoms in total. The molecule has 5 rings (SSSR count). The first-order valence-corrected chi connectivity index (χ1v) is 12.9. The predicted octanol–water partition coefficient (Wildman–Crippen LogP) is 6.22. The van der Waals surface area contributed by atoms with Crippen molar-refractivity contribution in [2.45, 2.75) is 4.90 Å². The molecule has 0 bridgehead atoms. The Morgan fingerprint density at radius 1 is 1.00 bits per heavy atom. The molecule has 0 radical (unpaired) electrons. The third-order valence-electron chi connectivity index (χ3n) is 4.80. The average molecular weight is 500 g/mol. The quantitative estimate of drug-likeness (QED) is 0.300. The molecule has 0 aliphatic heterocycles. The number of thiazole rings is 1. The van der Waals surface area contributed by atoms with E-state index in [0.717, 1.165) is 20.9 Å². The fraction of sp³-hybridized carbons (Fsp3) is 0. The van der Waals surface area contributed by atoms with Crippen molar-refractivity contribution >= 4 is 81.9 Å². The number of sulfonamides is 1. The Bertz CT molecular complexity index is 1560. The summed E-state index contributed by atoms with van der Waals surface area (Å²) >= 11 is 9.11. The topological polar surface area (TPSA) is 88.2 Å². The van der Waals surface area contributed by atoms with Crippen LogP contribution in [0.25, 0.3) is 20.9 Å². The Kier molecular flexibility index (Phi) is 5.34. The SMILES string of the molecule is O=C(Nc1ccc(S(=O)(=O)Nc2nccs2)cc1)c1sc2ccc3ccccc3c2c1Cl. The molecule has 32 heavy (non-hydrogen) atoms. The molecule has 0 spiro atoms. The van der Waals surface area contributed by atoms with E-state index in [1.165, 1.54) is 53.1 Å². The highest BCUT2D eigenvalue weighted by Gasteiger charge is 2.20. The van der Waals surface area contributed by atoms with Gasteiger partial charge in [-0.25, -0.2) is 13.4 Å². The van der Waals surface area contributed by atoms with Gasteiger partial charge in [0.1, 0.15) is 4.88 Å². The maximum Gasteiger partial charge on any atom is 0.267 e. The van der Waals surface area contributed by atoms with Crippen LogP contribution in [-0.4, -0.2) is 19.3 Å². The summed E-state index contributed by atoms with van der Waals surface area (Å²) in [5, 5.41) is 8.07. The van der Waals surface area contributed by atoms with Crippen molar-refractivity contribution < 1.29 is 13.2 Å². The summed E-state index contributed by atoms with van der Waals surface area (Å²) in [5.74, 6) is -0.350. The van der Waals surface area contributed by atoms with Gasteiger partial charge in [0.25, 0.3) is 15.9 Å². The minimum atomic E-state index is -3.76. The summed E-state index contributed by atoms with van der Waals surface area (Å²) in [6.45, 7) is 0. The fourth-order valence-corrected chi connectivity index (χ4v) is 6.59. The molecule has 0 saturated carbocycles. The van der Waals surface area contributed by atoms with Gasteiger partial charge < -0.3 is 5.32 Å². The number of rotatable bonds is 5. The van der Waals surface area contributed by atoms with Crippen molar-refractivity contribution in [3.05, 3.63) is 82.1 Å². The summed E-state index contributed by atoms with van der Waals surface area (Å²) in [6.07, 6.45) is 1.52. The van der Waals surface area contributed by atoms with Crippen LogP contribution in [0.5, 0.6) is 0 Å². The van der Waals surface area contributed by atoms with E-state index in [9.17, 15) is 13.2 Å². The normalized spacial score (nSPS) is 11.7. The molecule has 3 aromatic carbocycles. The Labute approximate surface area is 196 Å². The lowest BCUT2D eigenvalue weighted by Crippen LogP contribution is -2.13. The number of carbonyl (C=O) groups is 1.